The molecule has 6 heteroatoms. The van der Waals surface area contributed by atoms with Crippen molar-refractivity contribution in [3.8, 4) is 0 Å². The number of rotatable bonds is 1. The van der Waals surface area contributed by atoms with E-state index in [0.717, 1.165) is 4.90 Å². The molecule has 0 aromatic heterocycles. The second kappa shape index (κ2) is 4.16. The van der Waals surface area contributed by atoms with Crippen molar-refractivity contribution >= 4 is 6.09 Å². The molecular weight excluding hydrogens is 220 g/mol. The number of carbonyl (C=O) groups excluding carboxylic acids is 1. The zero-order valence-corrected chi connectivity index (χ0v) is 9.67. The normalized spacial score (nSPS) is 24.6. The van der Waals surface area contributed by atoms with E-state index in [1.165, 1.54) is 0 Å². The molecule has 1 fully saturated rings. The molecule has 0 aromatic rings. The zero-order valence-electron chi connectivity index (χ0n) is 9.67. The molecule has 0 saturated carbocycles. The molecule has 4 nitrogen and oxygen atoms in total. The Morgan fingerprint density at radius 2 is 2.12 bits per heavy atom. The van der Waals surface area contributed by atoms with Crippen LogP contribution in [0.3, 0.4) is 0 Å². The number of hydrogen-bond donors (Lipinski definition) is 1. The lowest BCUT2D eigenvalue weighted by Crippen LogP contribution is -2.36. The van der Waals surface area contributed by atoms with Gasteiger partial charge in [-0.05, 0) is 20.8 Å². The minimum absolute atomic E-state index is 0.168. The maximum atomic E-state index is 13.2. The van der Waals surface area contributed by atoms with E-state index in [4.69, 9.17) is 9.84 Å². The number of aliphatic hydroxyl groups excluding tert-OH is 1. The van der Waals surface area contributed by atoms with Gasteiger partial charge < -0.3 is 14.7 Å². The fourth-order valence-electron chi connectivity index (χ4n) is 1.50. The van der Waals surface area contributed by atoms with Crippen LogP contribution in [-0.2, 0) is 4.74 Å². The summed E-state index contributed by atoms with van der Waals surface area (Å²) in [4.78, 5) is 12.4. The van der Waals surface area contributed by atoms with E-state index in [9.17, 15) is 13.6 Å². The van der Waals surface area contributed by atoms with Gasteiger partial charge in [0.25, 0.3) is 5.92 Å². The molecule has 1 rings (SSSR count). The van der Waals surface area contributed by atoms with Crippen LogP contribution in [0.15, 0.2) is 0 Å². The number of ether oxygens (including phenoxy) is 1. The molecule has 0 bridgehead atoms. The Labute approximate surface area is 93.2 Å². The van der Waals surface area contributed by atoms with Crippen LogP contribution < -0.4 is 0 Å². The highest BCUT2D eigenvalue weighted by atomic mass is 19.3. The average Bonchev–Trinajstić information content (AvgIpc) is 2.37. The summed E-state index contributed by atoms with van der Waals surface area (Å²) in [6, 6.07) is 0. The first kappa shape index (κ1) is 13.2. The smallest absolute Gasteiger partial charge is 0.410 e. The standard InChI is InChI=1S/C10H17F2NO3/c1-9(2,3)16-8(15)13-4-7(5-14)10(11,12)6-13/h7,14H,4-6H2,1-3H3. The van der Waals surface area contributed by atoms with E-state index >= 15 is 0 Å². The zero-order chi connectivity index (χ0) is 12.6. The molecule has 1 heterocycles. The van der Waals surface area contributed by atoms with Crippen LogP contribution in [0.1, 0.15) is 20.8 Å². The molecule has 1 N–H and O–H groups in total. The number of hydrogen-bond acceptors (Lipinski definition) is 3. The van der Waals surface area contributed by atoms with E-state index in [1.807, 2.05) is 0 Å². The van der Waals surface area contributed by atoms with Crippen LogP contribution in [-0.4, -0.2) is 47.3 Å². The third kappa shape index (κ3) is 3.04. The predicted octanol–water partition coefficient (Wildman–Crippen LogP) is 1.48. The van der Waals surface area contributed by atoms with Crippen LogP contribution in [0.5, 0.6) is 0 Å². The largest absolute Gasteiger partial charge is 0.444 e. The number of amides is 1. The number of alkyl halides is 2. The summed E-state index contributed by atoms with van der Waals surface area (Å²) in [5, 5.41) is 8.77. The van der Waals surface area contributed by atoms with Gasteiger partial charge >= 0.3 is 6.09 Å². The molecule has 0 spiro atoms. The second-order valence-corrected chi connectivity index (χ2v) is 5.00. The number of halogens is 2. The van der Waals surface area contributed by atoms with E-state index < -0.39 is 36.7 Å². The van der Waals surface area contributed by atoms with Gasteiger partial charge in [-0.3, -0.25) is 0 Å². The fraction of sp³-hybridized carbons (Fsp3) is 0.900. The maximum Gasteiger partial charge on any atom is 0.410 e. The van der Waals surface area contributed by atoms with Gasteiger partial charge in [0.1, 0.15) is 5.60 Å². The molecule has 16 heavy (non-hydrogen) atoms. The highest BCUT2D eigenvalue weighted by Crippen LogP contribution is 2.33. The second-order valence-electron chi connectivity index (χ2n) is 5.00. The first-order valence-electron chi connectivity index (χ1n) is 5.12. The molecule has 1 unspecified atom stereocenters. The first-order valence-corrected chi connectivity index (χ1v) is 5.12. The van der Waals surface area contributed by atoms with Crippen molar-refractivity contribution in [1.82, 2.24) is 4.90 Å². The Balaban J connectivity index is 2.62. The Hall–Kier alpha value is -0.910. The monoisotopic (exact) mass is 237 g/mol. The molecule has 1 atom stereocenters. The summed E-state index contributed by atoms with van der Waals surface area (Å²) in [6.45, 7) is 3.52. The van der Waals surface area contributed by atoms with Crippen molar-refractivity contribution in [3.63, 3.8) is 0 Å². The molecule has 1 amide bonds. The van der Waals surface area contributed by atoms with Crippen LogP contribution in [0.25, 0.3) is 0 Å². The lowest BCUT2D eigenvalue weighted by molar-refractivity contribution is -0.0445. The van der Waals surface area contributed by atoms with Crippen molar-refractivity contribution in [2.45, 2.75) is 32.3 Å². The Kier molecular flexibility index (Phi) is 3.42. The van der Waals surface area contributed by atoms with Crippen molar-refractivity contribution in [2.24, 2.45) is 5.92 Å². The van der Waals surface area contributed by atoms with Crippen molar-refractivity contribution in [3.05, 3.63) is 0 Å². The summed E-state index contributed by atoms with van der Waals surface area (Å²) in [7, 11) is 0. The minimum Gasteiger partial charge on any atom is -0.444 e. The quantitative estimate of drug-likeness (QED) is 0.751. The molecule has 0 radical (unpaired) electrons. The van der Waals surface area contributed by atoms with Gasteiger partial charge in [0, 0.05) is 6.54 Å². The summed E-state index contributed by atoms with van der Waals surface area (Å²) in [6.07, 6.45) is -0.761. The van der Waals surface area contributed by atoms with Gasteiger partial charge in [-0.2, -0.15) is 0 Å². The van der Waals surface area contributed by atoms with Gasteiger partial charge in [-0.15, -0.1) is 0 Å². The number of nitrogens with zero attached hydrogens (tertiary/aromatic N) is 1. The van der Waals surface area contributed by atoms with Gasteiger partial charge in [-0.1, -0.05) is 0 Å². The Bertz CT molecular complexity index is 276. The van der Waals surface area contributed by atoms with E-state index in [1.54, 1.807) is 20.8 Å². The van der Waals surface area contributed by atoms with Gasteiger partial charge in [-0.25, -0.2) is 13.6 Å². The Morgan fingerprint density at radius 1 is 1.56 bits per heavy atom. The SMILES string of the molecule is CC(C)(C)OC(=O)N1CC(CO)C(F)(F)C1. The van der Waals surface area contributed by atoms with Crippen molar-refractivity contribution < 1.29 is 23.4 Å². The third-order valence-corrected chi connectivity index (χ3v) is 2.31. The van der Waals surface area contributed by atoms with Crippen LogP contribution >= 0.6 is 0 Å². The fourth-order valence-corrected chi connectivity index (χ4v) is 1.50. The highest BCUT2D eigenvalue weighted by molar-refractivity contribution is 5.68. The van der Waals surface area contributed by atoms with E-state index in [-0.39, 0.29) is 6.54 Å². The van der Waals surface area contributed by atoms with Crippen LogP contribution in [0.2, 0.25) is 0 Å². The molecule has 94 valence electrons. The molecule has 1 saturated heterocycles. The summed E-state index contributed by atoms with van der Waals surface area (Å²) < 4.78 is 31.5. The Morgan fingerprint density at radius 3 is 2.50 bits per heavy atom. The van der Waals surface area contributed by atoms with Crippen molar-refractivity contribution in [1.29, 1.82) is 0 Å². The van der Waals surface area contributed by atoms with Gasteiger partial charge in [0.05, 0.1) is 19.1 Å². The topological polar surface area (TPSA) is 49.8 Å². The molecule has 0 aromatic carbocycles. The molecule has 1 aliphatic rings. The summed E-state index contributed by atoms with van der Waals surface area (Å²) >= 11 is 0. The summed E-state index contributed by atoms with van der Waals surface area (Å²) in [5.74, 6) is -4.23. The molecular formula is C10H17F2NO3. The highest BCUT2D eigenvalue weighted by Gasteiger charge is 2.49. The van der Waals surface area contributed by atoms with Gasteiger partial charge in [0.2, 0.25) is 0 Å². The van der Waals surface area contributed by atoms with Crippen LogP contribution in [0, 0.1) is 5.92 Å². The first-order chi connectivity index (χ1) is 7.15. The predicted molar refractivity (Wildman–Crippen MR) is 53.3 cm³/mol. The third-order valence-electron chi connectivity index (χ3n) is 2.31. The molecule has 1 aliphatic heterocycles. The number of carbonyl (C=O) groups is 1. The van der Waals surface area contributed by atoms with E-state index in [0.29, 0.717) is 0 Å². The maximum absolute atomic E-state index is 13.2. The minimum atomic E-state index is -3.04. The average molecular weight is 237 g/mol. The van der Waals surface area contributed by atoms with E-state index in [2.05, 4.69) is 0 Å². The van der Waals surface area contributed by atoms with Crippen LogP contribution in [0.4, 0.5) is 13.6 Å². The number of aliphatic hydroxyl groups is 1. The summed E-state index contributed by atoms with van der Waals surface area (Å²) in [5.41, 5.74) is -0.705. The molecule has 0 aliphatic carbocycles. The lowest BCUT2D eigenvalue weighted by Gasteiger charge is -2.24. The van der Waals surface area contributed by atoms with Crippen molar-refractivity contribution in [2.75, 3.05) is 19.7 Å². The number of likely N-dealkylation sites (tertiary alicyclic amines) is 1. The lowest BCUT2D eigenvalue weighted by atomic mass is 10.1. The van der Waals surface area contributed by atoms with Gasteiger partial charge in [0.15, 0.2) is 0 Å².